The van der Waals surface area contributed by atoms with Crippen LogP contribution in [0.2, 0.25) is 0 Å². The predicted octanol–water partition coefficient (Wildman–Crippen LogP) is 2.03. The van der Waals surface area contributed by atoms with E-state index in [0.717, 1.165) is 6.42 Å². The Hall–Kier alpha value is -2.11. The van der Waals surface area contributed by atoms with Crippen LogP contribution >= 0.6 is 0 Å². The van der Waals surface area contributed by atoms with Crippen molar-refractivity contribution in [1.29, 1.82) is 0 Å². The smallest absolute Gasteiger partial charge is 0.382 e. The quantitative estimate of drug-likeness (QED) is 0.585. The summed E-state index contributed by atoms with van der Waals surface area (Å²) in [7, 11) is 0. The Morgan fingerprint density at radius 1 is 1.56 bits per heavy atom. The number of ether oxygens (including phenoxy) is 1. The first kappa shape index (κ1) is 10.4. The fourth-order valence-electron chi connectivity index (χ4n) is 1.38. The van der Waals surface area contributed by atoms with E-state index in [9.17, 15) is 10.1 Å². The number of pyridine rings is 1. The average Bonchev–Trinajstić information content (AvgIpc) is 2.70. The molecule has 6 nitrogen and oxygen atoms in total. The van der Waals surface area contributed by atoms with Gasteiger partial charge in [-0.1, -0.05) is 13.0 Å². The van der Waals surface area contributed by atoms with Gasteiger partial charge in [0.1, 0.15) is 6.20 Å². The molecule has 2 aromatic heterocycles. The summed E-state index contributed by atoms with van der Waals surface area (Å²) in [5.41, 5.74) is 0.514. The maximum atomic E-state index is 10.6. The zero-order valence-electron chi connectivity index (χ0n) is 8.79. The number of nitro groups is 1. The van der Waals surface area contributed by atoms with Crippen molar-refractivity contribution in [2.45, 2.75) is 13.3 Å². The molecule has 0 saturated heterocycles. The average molecular weight is 221 g/mol. The lowest BCUT2D eigenvalue weighted by Crippen LogP contribution is -1.99. The van der Waals surface area contributed by atoms with Gasteiger partial charge in [-0.05, 0) is 22.4 Å². The lowest BCUT2D eigenvalue weighted by molar-refractivity contribution is -0.389. The van der Waals surface area contributed by atoms with Crippen LogP contribution in [0.4, 0.5) is 5.82 Å². The van der Waals surface area contributed by atoms with Crippen LogP contribution in [0.3, 0.4) is 0 Å². The van der Waals surface area contributed by atoms with Crippen LogP contribution in [-0.2, 0) is 0 Å². The topological polar surface area (TPSA) is 69.7 Å². The van der Waals surface area contributed by atoms with E-state index in [-0.39, 0.29) is 5.82 Å². The molecule has 0 N–H and O–H groups in total. The van der Waals surface area contributed by atoms with Crippen LogP contribution in [-0.4, -0.2) is 20.9 Å². The van der Waals surface area contributed by atoms with Gasteiger partial charge in [-0.15, -0.1) is 0 Å². The third-order valence-electron chi connectivity index (χ3n) is 2.08. The molecule has 0 aliphatic carbocycles. The molecule has 0 fully saturated rings. The SMILES string of the molecule is CCCOc1cccc2nc([N+](=O)[O-])cn12. The van der Waals surface area contributed by atoms with Crippen molar-refractivity contribution in [3.8, 4) is 5.88 Å². The lowest BCUT2D eigenvalue weighted by Gasteiger charge is -2.04. The monoisotopic (exact) mass is 221 g/mol. The highest BCUT2D eigenvalue weighted by atomic mass is 16.6. The highest BCUT2D eigenvalue weighted by molar-refractivity contribution is 5.46. The number of aromatic nitrogens is 2. The molecule has 0 atom stereocenters. The minimum Gasteiger partial charge on any atom is -0.479 e. The van der Waals surface area contributed by atoms with Gasteiger partial charge < -0.3 is 14.9 Å². The largest absolute Gasteiger partial charge is 0.479 e. The molecule has 2 aromatic rings. The first-order chi connectivity index (χ1) is 7.72. The molecule has 0 aliphatic rings. The number of rotatable bonds is 4. The Bertz CT molecular complexity index is 521. The van der Waals surface area contributed by atoms with E-state index in [1.807, 2.05) is 6.92 Å². The van der Waals surface area contributed by atoms with Crippen molar-refractivity contribution >= 4 is 11.5 Å². The van der Waals surface area contributed by atoms with Crippen LogP contribution in [0, 0.1) is 10.1 Å². The predicted molar refractivity (Wildman–Crippen MR) is 57.6 cm³/mol. The van der Waals surface area contributed by atoms with Crippen molar-refractivity contribution in [2.24, 2.45) is 0 Å². The fourth-order valence-corrected chi connectivity index (χ4v) is 1.38. The van der Waals surface area contributed by atoms with Gasteiger partial charge in [-0.25, -0.2) is 4.40 Å². The molecule has 16 heavy (non-hydrogen) atoms. The number of nitrogens with zero attached hydrogens (tertiary/aromatic N) is 3. The van der Waals surface area contributed by atoms with Gasteiger partial charge >= 0.3 is 5.82 Å². The normalized spacial score (nSPS) is 10.6. The van der Waals surface area contributed by atoms with Crippen LogP contribution in [0.15, 0.2) is 24.4 Å². The molecular formula is C10H11N3O3. The van der Waals surface area contributed by atoms with Crippen LogP contribution < -0.4 is 4.74 Å². The summed E-state index contributed by atoms with van der Waals surface area (Å²) in [6.45, 7) is 2.57. The molecule has 0 spiro atoms. The third-order valence-corrected chi connectivity index (χ3v) is 2.08. The molecule has 0 saturated carbocycles. The fraction of sp³-hybridized carbons (Fsp3) is 0.300. The Kier molecular flexibility index (Phi) is 2.72. The standard InChI is InChI=1S/C10H11N3O3/c1-2-6-16-10-5-3-4-8-11-9(13(14)15)7-12(8)10/h3-5,7H,2,6H2,1H3. The summed E-state index contributed by atoms with van der Waals surface area (Å²) in [6.07, 6.45) is 2.24. The number of hydrogen-bond donors (Lipinski definition) is 0. The number of hydrogen-bond acceptors (Lipinski definition) is 4. The van der Waals surface area contributed by atoms with E-state index in [2.05, 4.69) is 4.98 Å². The minimum absolute atomic E-state index is 0.174. The van der Waals surface area contributed by atoms with E-state index in [4.69, 9.17) is 4.74 Å². The van der Waals surface area contributed by atoms with Gasteiger partial charge in [0.2, 0.25) is 5.88 Å². The molecule has 0 radical (unpaired) electrons. The number of fused-ring (bicyclic) bond motifs is 1. The molecule has 0 amide bonds. The molecule has 6 heteroatoms. The van der Waals surface area contributed by atoms with Crippen LogP contribution in [0.25, 0.3) is 5.65 Å². The van der Waals surface area contributed by atoms with Gasteiger partial charge in [-0.3, -0.25) is 0 Å². The van der Waals surface area contributed by atoms with Gasteiger partial charge in [0.15, 0.2) is 0 Å². The van der Waals surface area contributed by atoms with Gasteiger partial charge in [0, 0.05) is 6.07 Å². The Labute approximate surface area is 91.6 Å². The van der Waals surface area contributed by atoms with Crippen molar-refractivity contribution in [3.63, 3.8) is 0 Å². The third kappa shape index (κ3) is 1.81. The molecule has 2 rings (SSSR count). The second-order valence-corrected chi connectivity index (χ2v) is 3.30. The van der Waals surface area contributed by atoms with Gasteiger partial charge in [0.25, 0.3) is 5.65 Å². The van der Waals surface area contributed by atoms with E-state index in [0.29, 0.717) is 18.1 Å². The summed E-state index contributed by atoms with van der Waals surface area (Å²) >= 11 is 0. The molecule has 0 aromatic carbocycles. The van der Waals surface area contributed by atoms with E-state index >= 15 is 0 Å². The molecule has 0 aliphatic heterocycles. The summed E-state index contributed by atoms with van der Waals surface area (Å²) in [6, 6.07) is 5.22. The highest BCUT2D eigenvalue weighted by Gasteiger charge is 2.15. The Morgan fingerprint density at radius 2 is 2.38 bits per heavy atom. The molecule has 0 unspecified atom stereocenters. The zero-order chi connectivity index (χ0) is 11.5. The summed E-state index contributed by atoms with van der Waals surface area (Å²) in [5.74, 6) is 0.396. The molecular weight excluding hydrogens is 210 g/mol. The van der Waals surface area contributed by atoms with E-state index < -0.39 is 4.92 Å². The first-order valence-corrected chi connectivity index (χ1v) is 4.97. The summed E-state index contributed by atoms with van der Waals surface area (Å²) in [4.78, 5) is 13.9. The van der Waals surface area contributed by atoms with Crippen molar-refractivity contribution in [3.05, 3.63) is 34.5 Å². The highest BCUT2D eigenvalue weighted by Crippen LogP contribution is 2.19. The zero-order valence-corrected chi connectivity index (χ0v) is 8.79. The Morgan fingerprint density at radius 3 is 3.06 bits per heavy atom. The maximum absolute atomic E-state index is 10.6. The van der Waals surface area contributed by atoms with E-state index in [1.54, 1.807) is 22.6 Å². The summed E-state index contributed by atoms with van der Waals surface area (Å²) < 4.78 is 7.04. The maximum Gasteiger partial charge on any atom is 0.382 e. The molecule has 84 valence electrons. The van der Waals surface area contributed by atoms with Gasteiger partial charge in [-0.2, -0.15) is 0 Å². The van der Waals surface area contributed by atoms with Crippen molar-refractivity contribution in [2.75, 3.05) is 6.61 Å². The first-order valence-electron chi connectivity index (χ1n) is 4.97. The second-order valence-electron chi connectivity index (χ2n) is 3.30. The second kappa shape index (κ2) is 4.18. The van der Waals surface area contributed by atoms with Crippen LogP contribution in [0.1, 0.15) is 13.3 Å². The molecule has 2 heterocycles. The van der Waals surface area contributed by atoms with Crippen molar-refractivity contribution in [1.82, 2.24) is 9.38 Å². The van der Waals surface area contributed by atoms with E-state index in [1.165, 1.54) is 6.20 Å². The van der Waals surface area contributed by atoms with Gasteiger partial charge in [0.05, 0.1) is 6.61 Å². The Balaban J connectivity index is 2.45. The summed E-state index contributed by atoms with van der Waals surface area (Å²) in [5, 5.41) is 10.6. The minimum atomic E-state index is -0.517. The van der Waals surface area contributed by atoms with Crippen molar-refractivity contribution < 1.29 is 9.66 Å². The van der Waals surface area contributed by atoms with Crippen LogP contribution in [0.5, 0.6) is 5.88 Å². The molecule has 0 bridgehead atoms. The lowest BCUT2D eigenvalue weighted by atomic mass is 10.4. The number of imidazole rings is 1.